The summed E-state index contributed by atoms with van der Waals surface area (Å²) in [6.45, 7) is 15.6. The Labute approximate surface area is 281 Å². The van der Waals surface area contributed by atoms with Gasteiger partial charge in [-0.15, -0.1) is 0 Å². The van der Waals surface area contributed by atoms with Gasteiger partial charge in [0.15, 0.2) is 0 Å². The lowest BCUT2D eigenvalue weighted by Gasteiger charge is -2.36. The van der Waals surface area contributed by atoms with E-state index in [0.29, 0.717) is 19.6 Å². The fraction of sp³-hybridized carbons (Fsp3) is 0.676. The summed E-state index contributed by atoms with van der Waals surface area (Å²) < 4.78 is 16.8. The Morgan fingerprint density at radius 3 is 2.23 bits per heavy atom. The Balaban J connectivity index is 1.92. The second-order valence-corrected chi connectivity index (χ2v) is 13.9. The van der Waals surface area contributed by atoms with Crippen LogP contribution in [0, 0.1) is 41.4 Å². The molecule has 0 aromatic heterocycles. The van der Waals surface area contributed by atoms with Crippen molar-refractivity contribution in [1.29, 1.82) is 0 Å². The maximum absolute atomic E-state index is 12.0. The Morgan fingerprint density at radius 1 is 0.979 bits per heavy atom. The fourth-order valence-electron chi connectivity index (χ4n) is 6.52. The molecular weight excluding hydrogens is 602 g/mol. The van der Waals surface area contributed by atoms with Gasteiger partial charge in [-0.1, -0.05) is 95.7 Å². The van der Waals surface area contributed by atoms with E-state index in [9.17, 15) is 30.0 Å². The molecule has 0 aliphatic carbocycles. The second kappa shape index (κ2) is 19.3. The van der Waals surface area contributed by atoms with Gasteiger partial charge >= 0.3 is 12.1 Å². The zero-order valence-corrected chi connectivity index (χ0v) is 29.4. The molecule has 6 N–H and O–H groups in total. The van der Waals surface area contributed by atoms with Crippen molar-refractivity contribution < 1.29 is 44.2 Å². The lowest BCUT2D eigenvalue weighted by molar-refractivity contribution is -0.179. The van der Waals surface area contributed by atoms with Gasteiger partial charge in [0.25, 0.3) is 0 Å². The Kier molecular flexibility index (Phi) is 16.6. The molecule has 0 bridgehead atoms. The van der Waals surface area contributed by atoms with Gasteiger partial charge in [0, 0.05) is 36.0 Å². The number of allylic oxidation sites excluding steroid dienone is 1. The van der Waals surface area contributed by atoms with E-state index in [2.05, 4.69) is 0 Å². The lowest BCUT2D eigenvalue weighted by Crippen LogP contribution is -2.47. The Morgan fingerprint density at radius 2 is 1.62 bits per heavy atom. The number of esters is 1. The highest BCUT2D eigenvalue weighted by Gasteiger charge is 2.41. The normalized spacial score (nSPS) is 26.4. The summed E-state index contributed by atoms with van der Waals surface area (Å²) in [7, 11) is 0. The summed E-state index contributed by atoms with van der Waals surface area (Å²) in [5, 5.41) is 43.1. The van der Waals surface area contributed by atoms with Crippen molar-refractivity contribution in [1.82, 2.24) is 0 Å². The summed E-state index contributed by atoms with van der Waals surface area (Å²) in [5.41, 5.74) is 7.43. The minimum atomic E-state index is -0.900. The van der Waals surface area contributed by atoms with Crippen molar-refractivity contribution >= 4 is 12.1 Å². The van der Waals surface area contributed by atoms with Gasteiger partial charge in [-0.2, -0.15) is 0 Å². The minimum absolute atomic E-state index is 0.161. The van der Waals surface area contributed by atoms with Crippen LogP contribution in [0.3, 0.4) is 0 Å². The molecule has 0 saturated carbocycles. The maximum Gasteiger partial charge on any atom is 0.404 e. The molecule has 1 amide bonds. The molecule has 1 aliphatic heterocycles. The highest BCUT2D eigenvalue weighted by atomic mass is 16.6. The highest BCUT2D eigenvalue weighted by molar-refractivity contribution is 5.73. The van der Waals surface area contributed by atoms with Crippen LogP contribution in [0.5, 0.6) is 0 Å². The topological polar surface area (TPSA) is 169 Å². The van der Waals surface area contributed by atoms with E-state index < -0.39 is 60.5 Å². The van der Waals surface area contributed by atoms with Crippen LogP contribution < -0.4 is 5.73 Å². The number of aliphatic hydroxyl groups is 4. The number of primary amides is 1. The molecule has 13 atom stereocenters. The average Bonchev–Trinajstić information content (AvgIpc) is 3.03. The number of rotatable bonds is 18. The van der Waals surface area contributed by atoms with Crippen molar-refractivity contribution in [2.75, 3.05) is 6.61 Å². The SMILES string of the molecule is C/C(=C/[C@H](C)[C@@H](O)[C@@H](C)/C=C\C(O)C[C@@H]1OC(=O)[C@H](C)C(O)C1C)CC(C)C(O)C(C)C(OC(N)=O)[C@@H](C)COCc1ccccc1. The Hall–Kier alpha value is -2.76. The van der Waals surface area contributed by atoms with Crippen molar-refractivity contribution in [3.63, 3.8) is 0 Å². The molecule has 1 aromatic rings. The van der Waals surface area contributed by atoms with E-state index in [0.717, 1.165) is 11.1 Å². The number of benzene rings is 1. The molecule has 1 aliphatic rings. The third-order valence-electron chi connectivity index (χ3n) is 9.60. The number of nitrogens with two attached hydrogens (primary N) is 1. The quantitative estimate of drug-likeness (QED) is 0.110. The average molecular weight is 662 g/mol. The molecule has 1 heterocycles. The summed E-state index contributed by atoms with van der Waals surface area (Å²) in [6.07, 6.45) is 0.690. The van der Waals surface area contributed by atoms with Crippen molar-refractivity contribution in [2.45, 2.75) is 111 Å². The first kappa shape index (κ1) is 40.4. The summed E-state index contributed by atoms with van der Waals surface area (Å²) >= 11 is 0. The molecule has 1 aromatic carbocycles. The fourth-order valence-corrected chi connectivity index (χ4v) is 6.52. The van der Waals surface area contributed by atoms with Crippen LogP contribution in [-0.2, 0) is 25.6 Å². The third kappa shape index (κ3) is 12.7. The number of carbonyl (C=O) groups excluding carboxylic acids is 2. The first-order valence-corrected chi connectivity index (χ1v) is 16.9. The zero-order chi connectivity index (χ0) is 35.4. The van der Waals surface area contributed by atoms with Crippen LogP contribution >= 0.6 is 0 Å². The van der Waals surface area contributed by atoms with Crippen molar-refractivity contribution in [3.8, 4) is 0 Å². The van der Waals surface area contributed by atoms with Crippen LogP contribution in [-0.4, -0.2) is 75.7 Å². The number of ether oxygens (including phenoxy) is 3. The monoisotopic (exact) mass is 661 g/mol. The maximum atomic E-state index is 12.0. The van der Waals surface area contributed by atoms with Gasteiger partial charge in [-0.25, -0.2) is 4.79 Å². The first-order valence-electron chi connectivity index (χ1n) is 16.9. The standard InChI is InChI=1S/C37H59NO9/c1-21(16-23(3)32(40)22(2)14-15-30(39)18-31-26(6)34(42)28(8)36(43)46-31)17-24(4)33(41)27(7)35(47-37(38)44)25(5)19-45-20-29-12-10-9-11-13-29/h9-16,22-28,30-35,39-42H,17-20H2,1-8H3,(H2,38,44)/b15-14-,21-16-/t22-,23-,24?,25-,26?,27?,28+,30?,31-,32-,33?,34?,35?/m0/s1. The van der Waals surface area contributed by atoms with Crippen molar-refractivity contribution in [3.05, 3.63) is 59.7 Å². The number of aliphatic hydroxyl groups excluding tert-OH is 4. The van der Waals surface area contributed by atoms with Crippen LogP contribution in [0.25, 0.3) is 0 Å². The molecule has 7 unspecified atom stereocenters. The molecule has 2 rings (SSSR count). The number of amides is 1. The summed E-state index contributed by atoms with van der Waals surface area (Å²) in [6, 6.07) is 9.77. The van der Waals surface area contributed by atoms with Gasteiger partial charge in [-0.3, -0.25) is 4.79 Å². The summed E-state index contributed by atoms with van der Waals surface area (Å²) in [5.74, 6) is -2.64. The van der Waals surface area contributed by atoms with Crippen LogP contribution in [0.15, 0.2) is 54.1 Å². The van der Waals surface area contributed by atoms with Gasteiger partial charge in [0.2, 0.25) is 0 Å². The second-order valence-electron chi connectivity index (χ2n) is 13.9. The molecule has 266 valence electrons. The van der Waals surface area contributed by atoms with E-state index in [1.807, 2.05) is 78.0 Å². The number of cyclic esters (lactones) is 1. The highest BCUT2D eigenvalue weighted by Crippen LogP contribution is 2.30. The van der Waals surface area contributed by atoms with E-state index in [4.69, 9.17) is 19.9 Å². The van der Waals surface area contributed by atoms with E-state index >= 15 is 0 Å². The lowest BCUT2D eigenvalue weighted by atomic mass is 9.81. The minimum Gasteiger partial charge on any atom is -0.462 e. The molecule has 10 nitrogen and oxygen atoms in total. The van der Waals surface area contributed by atoms with Crippen LogP contribution in [0.2, 0.25) is 0 Å². The molecule has 47 heavy (non-hydrogen) atoms. The smallest absolute Gasteiger partial charge is 0.404 e. The van der Waals surface area contributed by atoms with Gasteiger partial charge in [-0.05, 0) is 31.7 Å². The third-order valence-corrected chi connectivity index (χ3v) is 9.60. The molecule has 1 saturated heterocycles. The molecular formula is C37H59NO9. The molecule has 0 radical (unpaired) electrons. The van der Waals surface area contributed by atoms with Crippen molar-refractivity contribution in [2.24, 2.45) is 47.2 Å². The van der Waals surface area contributed by atoms with E-state index in [1.54, 1.807) is 26.0 Å². The van der Waals surface area contributed by atoms with E-state index in [1.165, 1.54) is 0 Å². The zero-order valence-electron chi connectivity index (χ0n) is 29.4. The van der Waals surface area contributed by atoms with Gasteiger partial charge < -0.3 is 40.4 Å². The first-order chi connectivity index (χ1) is 22.0. The van der Waals surface area contributed by atoms with Crippen LogP contribution in [0.1, 0.15) is 73.8 Å². The molecule has 1 fully saturated rings. The van der Waals surface area contributed by atoms with Gasteiger partial charge in [0.1, 0.15) is 12.2 Å². The largest absolute Gasteiger partial charge is 0.462 e. The predicted octanol–water partition coefficient (Wildman–Crippen LogP) is 4.77. The van der Waals surface area contributed by atoms with Gasteiger partial charge in [0.05, 0.1) is 43.5 Å². The number of hydrogen-bond donors (Lipinski definition) is 5. The molecule has 0 spiro atoms. The van der Waals surface area contributed by atoms with Crippen LogP contribution in [0.4, 0.5) is 4.79 Å². The summed E-state index contributed by atoms with van der Waals surface area (Å²) in [4.78, 5) is 23.8. The number of carbonyl (C=O) groups is 2. The van der Waals surface area contributed by atoms with E-state index in [-0.39, 0.29) is 36.0 Å². The molecule has 10 heteroatoms. The Bertz CT molecular complexity index is 1160. The predicted molar refractivity (Wildman–Crippen MR) is 181 cm³/mol. The number of hydrogen-bond acceptors (Lipinski definition) is 9.